The average Bonchev–Trinajstić information content (AvgIpc) is 2.85. The normalized spacial score (nSPS) is 14.8. The molecule has 0 aromatic heterocycles. The quantitative estimate of drug-likeness (QED) is 0.0429. The fraction of sp³-hybridized carbons (Fsp3) is 0.933. The summed E-state index contributed by atoms with van der Waals surface area (Å²) in [5.41, 5.74) is 0. The number of ether oxygens (including phenoxy) is 2. The molecule has 0 bridgehead atoms. The Morgan fingerprint density at radius 2 is 1.21 bits per heavy atom. The van der Waals surface area contributed by atoms with Gasteiger partial charge in [0.1, 0.15) is 19.3 Å². The van der Waals surface area contributed by atoms with Crippen LogP contribution in [0.1, 0.15) is 116 Å². The summed E-state index contributed by atoms with van der Waals surface area (Å²) in [6, 6.07) is 0. The van der Waals surface area contributed by atoms with Crippen LogP contribution in [-0.2, 0) is 23.1 Å². The predicted octanol–water partition coefficient (Wildman–Crippen LogP) is 8.07. The zero-order valence-corrected chi connectivity index (χ0v) is 26.6. The molecule has 1 N–H and O–H groups in total. The van der Waals surface area contributed by atoms with Crippen molar-refractivity contribution in [3.63, 3.8) is 0 Å². The molecule has 0 aliphatic rings. The number of phosphoric ester groups is 1. The molecule has 0 fully saturated rings. The zero-order valence-electron chi connectivity index (χ0n) is 25.7. The second kappa shape index (κ2) is 25.7. The van der Waals surface area contributed by atoms with Crippen LogP contribution in [0.25, 0.3) is 0 Å². The van der Waals surface area contributed by atoms with Crippen molar-refractivity contribution in [1.82, 2.24) is 0 Å². The Labute approximate surface area is 235 Å². The van der Waals surface area contributed by atoms with E-state index in [0.717, 1.165) is 6.42 Å². The van der Waals surface area contributed by atoms with E-state index in [4.69, 9.17) is 18.5 Å². The van der Waals surface area contributed by atoms with Crippen LogP contribution in [-0.4, -0.2) is 76.7 Å². The lowest BCUT2D eigenvalue weighted by atomic mass is 10.1. The number of rotatable bonds is 29. The highest BCUT2D eigenvalue weighted by atomic mass is 31.2. The average molecular weight is 565 g/mol. The van der Waals surface area contributed by atoms with Gasteiger partial charge in [0, 0.05) is 13.7 Å². The van der Waals surface area contributed by atoms with Gasteiger partial charge in [0.15, 0.2) is 0 Å². The van der Waals surface area contributed by atoms with Crippen LogP contribution in [0.3, 0.4) is 0 Å². The molecule has 0 radical (unpaired) electrons. The standard InChI is InChI=1S/C30H62NO6P/c1-6-7-8-9-10-11-12-13-14-15-16-17-18-19-20-21-22-23-24-26-35-28-30(34-5)29-37-38(32,33)36-27-25-31(2,3)4/h15-16,30H,6-14,17-29H2,1-5H3/p+1. The number of nitrogens with zero attached hydrogens (tertiary/aromatic N) is 1. The van der Waals surface area contributed by atoms with Crippen molar-refractivity contribution in [1.29, 1.82) is 0 Å². The van der Waals surface area contributed by atoms with Gasteiger partial charge in [0.05, 0.1) is 34.4 Å². The maximum absolute atomic E-state index is 12.0. The molecule has 0 aliphatic heterocycles. The maximum atomic E-state index is 12.0. The third-order valence-electron chi connectivity index (χ3n) is 6.63. The van der Waals surface area contributed by atoms with Gasteiger partial charge in [0.25, 0.3) is 0 Å². The maximum Gasteiger partial charge on any atom is 0.472 e. The van der Waals surface area contributed by atoms with Crippen LogP contribution in [0.2, 0.25) is 0 Å². The number of hydrogen-bond donors (Lipinski definition) is 1. The van der Waals surface area contributed by atoms with Crippen LogP contribution >= 0.6 is 7.82 Å². The molecule has 0 heterocycles. The third kappa shape index (κ3) is 28.7. The molecule has 0 aromatic carbocycles. The fourth-order valence-corrected chi connectivity index (χ4v) is 4.77. The lowest BCUT2D eigenvalue weighted by Gasteiger charge is -2.24. The number of quaternary nitrogens is 1. The van der Waals surface area contributed by atoms with Crippen molar-refractivity contribution in [3.05, 3.63) is 12.2 Å². The summed E-state index contributed by atoms with van der Waals surface area (Å²) >= 11 is 0. The summed E-state index contributed by atoms with van der Waals surface area (Å²) < 4.78 is 33.7. The van der Waals surface area contributed by atoms with Gasteiger partial charge in [-0.15, -0.1) is 0 Å². The summed E-state index contributed by atoms with van der Waals surface area (Å²) in [7, 11) is 3.44. The molecule has 0 rings (SSSR count). The Hall–Kier alpha value is -0.270. The van der Waals surface area contributed by atoms with Gasteiger partial charge in [-0.05, 0) is 32.1 Å². The van der Waals surface area contributed by atoms with Gasteiger partial charge in [0.2, 0.25) is 0 Å². The number of unbranched alkanes of at least 4 members (excludes halogenated alkanes) is 15. The highest BCUT2D eigenvalue weighted by Gasteiger charge is 2.24. The minimum atomic E-state index is -4.08. The van der Waals surface area contributed by atoms with E-state index in [1.807, 2.05) is 21.1 Å². The van der Waals surface area contributed by atoms with Crippen LogP contribution in [0, 0.1) is 0 Å². The van der Waals surface area contributed by atoms with Crippen molar-refractivity contribution >= 4 is 7.82 Å². The summed E-state index contributed by atoms with van der Waals surface area (Å²) in [6.45, 7) is 4.01. The van der Waals surface area contributed by atoms with Crippen molar-refractivity contribution < 1.29 is 32.5 Å². The predicted molar refractivity (Wildman–Crippen MR) is 160 cm³/mol. The van der Waals surface area contributed by atoms with Gasteiger partial charge in [-0.25, -0.2) is 4.57 Å². The van der Waals surface area contributed by atoms with E-state index in [-0.39, 0.29) is 13.2 Å². The molecule has 0 saturated carbocycles. The molecule has 0 spiro atoms. The van der Waals surface area contributed by atoms with Gasteiger partial charge in [-0.1, -0.05) is 96.1 Å². The number of likely N-dealkylation sites (N-methyl/N-ethyl adjacent to an activating group) is 1. The van der Waals surface area contributed by atoms with Crippen LogP contribution in [0.4, 0.5) is 0 Å². The highest BCUT2D eigenvalue weighted by Crippen LogP contribution is 2.43. The molecule has 228 valence electrons. The van der Waals surface area contributed by atoms with Gasteiger partial charge >= 0.3 is 7.82 Å². The molecular formula is C30H63NO6P+. The van der Waals surface area contributed by atoms with Crippen LogP contribution in [0.5, 0.6) is 0 Å². The molecule has 2 unspecified atom stereocenters. The summed E-state index contributed by atoms with van der Waals surface area (Å²) in [5.74, 6) is 0. The lowest BCUT2D eigenvalue weighted by Crippen LogP contribution is -2.37. The lowest BCUT2D eigenvalue weighted by molar-refractivity contribution is -0.870. The van der Waals surface area contributed by atoms with E-state index in [2.05, 4.69) is 19.1 Å². The molecule has 0 aliphatic carbocycles. The van der Waals surface area contributed by atoms with E-state index < -0.39 is 13.9 Å². The van der Waals surface area contributed by atoms with Gasteiger partial charge in [-0.2, -0.15) is 0 Å². The smallest absolute Gasteiger partial charge is 0.379 e. The molecule has 38 heavy (non-hydrogen) atoms. The fourth-order valence-electron chi connectivity index (χ4n) is 4.03. The van der Waals surface area contributed by atoms with Crippen LogP contribution in [0.15, 0.2) is 12.2 Å². The molecule has 0 aromatic rings. The van der Waals surface area contributed by atoms with Gasteiger partial charge in [-0.3, -0.25) is 9.05 Å². The van der Waals surface area contributed by atoms with Crippen LogP contribution < -0.4 is 0 Å². The van der Waals surface area contributed by atoms with E-state index in [9.17, 15) is 9.46 Å². The first-order valence-corrected chi connectivity index (χ1v) is 16.9. The molecule has 7 nitrogen and oxygen atoms in total. The minimum absolute atomic E-state index is 0.0387. The van der Waals surface area contributed by atoms with E-state index in [1.165, 1.54) is 103 Å². The van der Waals surface area contributed by atoms with Crippen molar-refractivity contribution in [2.45, 2.75) is 122 Å². The van der Waals surface area contributed by atoms with Crippen molar-refractivity contribution in [3.8, 4) is 0 Å². The Morgan fingerprint density at radius 1 is 0.711 bits per heavy atom. The molecule has 0 amide bonds. The second-order valence-electron chi connectivity index (χ2n) is 11.5. The first-order valence-electron chi connectivity index (χ1n) is 15.4. The zero-order chi connectivity index (χ0) is 28.4. The molecule has 0 saturated heterocycles. The highest BCUT2D eigenvalue weighted by molar-refractivity contribution is 7.47. The third-order valence-corrected chi connectivity index (χ3v) is 7.61. The van der Waals surface area contributed by atoms with E-state index >= 15 is 0 Å². The van der Waals surface area contributed by atoms with E-state index in [0.29, 0.717) is 24.2 Å². The summed E-state index contributed by atoms with van der Waals surface area (Å²) in [6.07, 6.45) is 26.7. The van der Waals surface area contributed by atoms with Crippen molar-refractivity contribution in [2.75, 3.05) is 61.2 Å². The van der Waals surface area contributed by atoms with Gasteiger partial charge < -0.3 is 18.9 Å². The number of allylic oxidation sites excluding steroid dienone is 2. The SMILES string of the molecule is CCCCCCCCCCC=CCCCCCCCCCOCC(COP(=O)(O)OCC[N+](C)(C)C)OC. The Balaban J connectivity index is 3.49. The largest absolute Gasteiger partial charge is 0.472 e. The Morgan fingerprint density at radius 3 is 1.71 bits per heavy atom. The summed E-state index contributed by atoms with van der Waals surface area (Å²) in [5, 5.41) is 0. The topological polar surface area (TPSA) is 74.2 Å². The summed E-state index contributed by atoms with van der Waals surface area (Å²) in [4.78, 5) is 9.81. The number of hydrogen-bond acceptors (Lipinski definition) is 5. The molecule has 8 heteroatoms. The monoisotopic (exact) mass is 564 g/mol. The molecular weight excluding hydrogens is 501 g/mol. The molecule has 2 atom stereocenters. The Bertz CT molecular complexity index is 582. The Kier molecular flexibility index (Phi) is 25.5. The number of phosphoric acid groups is 1. The van der Waals surface area contributed by atoms with E-state index in [1.54, 1.807) is 7.11 Å². The first-order chi connectivity index (χ1) is 18.2. The number of methoxy groups -OCH3 is 1. The first kappa shape index (κ1) is 37.7. The van der Waals surface area contributed by atoms with Crippen molar-refractivity contribution in [2.24, 2.45) is 0 Å². The second-order valence-corrected chi connectivity index (χ2v) is 13.0. The minimum Gasteiger partial charge on any atom is -0.379 e.